The Bertz CT molecular complexity index is 936. The van der Waals surface area contributed by atoms with Gasteiger partial charge in [-0.15, -0.1) is 0 Å². The number of piperazine rings is 2. The Morgan fingerprint density at radius 1 is 1.19 bits per heavy atom. The zero-order valence-electron chi connectivity index (χ0n) is 15.0. The molecule has 1 atom stereocenters. The fraction of sp³-hybridized carbons (Fsp3) is 0.471. The first-order valence-electron chi connectivity index (χ1n) is 8.53. The fourth-order valence-electron chi connectivity index (χ4n) is 3.66. The molecule has 9 nitrogen and oxygen atoms in total. The lowest BCUT2D eigenvalue weighted by molar-refractivity contribution is -0.157. The Morgan fingerprint density at radius 2 is 1.96 bits per heavy atom. The van der Waals surface area contributed by atoms with Crippen LogP contribution in [0.2, 0.25) is 0 Å². The summed E-state index contributed by atoms with van der Waals surface area (Å²) in [5.74, 6) is -0.460. The minimum Gasteiger partial charge on any atom is -0.335 e. The van der Waals surface area contributed by atoms with Crippen LogP contribution in [0.1, 0.15) is 21.9 Å². The maximum atomic E-state index is 12.9. The molecule has 26 heavy (non-hydrogen) atoms. The Labute approximate surface area is 150 Å². The zero-order chi connectivity index (χ0) is 18.6. The quantitative estimate of drug-likeness (QED) is 0.685. The van der Waals surface area contributed by atoms with Crippen molar-refractivity contribution in [1.29, 1.82) is 0 Å². The van der Waals surface area contributed by atoms with Crippen LogP contribution in [0.4, 0.5) is 0 Å². The molecule has 2 aliphatic heterocycles. The molecule has 2 saturated heterocycles. The van der Waals surface area contributed by atoms with Crippen LogP contribution >= 0.6 is 0 Å². The van der Waals surface area contributed by atoms with Crippen LogP contribution in [0.25, 0.3) is 5.65 Å². The van der Waals surface area contributed by atoms with E-state index in [1.807, 2.05) is 19.9 Å². The van der Waals surface area contributed by atoms with Crippen molar-refractivity contribution in [3.63, 3.8) is 0 Å². The summed E-state index contributed by atoms with van der Waals surface area (Å²) in [5, 5.41) is 4.37. The molecule has 4 heterocycles. The van der Waals surface area contributed by atoms with E-state index in [9.17, 15) is 14.4 Å². The number of amides is 3. The maximum Gasteiger partial charge on any atom is 0.274 e. The van der Waals surface area contributed by atoms with Gasteiger partial charge in [-0.05, 0) is 19.9 Å². The van der Waals surface area contributed by atoms with Gasteiger partial charge >= 0.3 is 0 Å². The second-order valence-corrected chi connectivity index (χ2v) is 6.89. The highest BCUT2D eigenvalue weighted by Gasteiger charge is 2.42. The predicted molar refractivity (Wildman–Crippen MR) is 91.5 cm³/mol. The van der Waals surface area contributed by atoms with Crippen molar-refractivity contribution >= 4 is 23.4 Å². The van der Waals surface area contributed by atoms with Crippen molar-refractivity contribution in [2.24, 2.45) is 0 Å². The molecule has 9 heteroatoms. The third-order valence-corrected chi connectivity index (χ3v) is 4.97. The second kappa shape index (κ2) is 5.79. The summed E-state index contributed by atoms with van der Waals surface area (Å²) in [6, 6.07) is 2.95. The SMILES string of the molecule is Cc1cc(C)n2nc(C(=O)N3CCN4C(=O)CN(C)C(=O)C4C3)cc2n1. The van der Waals surface area contributed by atoms with Gasteiger partial charge in [0.25, 0.3) is 5.91 Å². The lowest BCUT2D eigenvalue weighted by Crippen LogP contribution is -2.66. The highest BCUT2D eigenvalue weighted by atomic mass is 16.2. The molecule has 2 aromatic heterocycles. The topological polar surface area (TPSA) is 91.1 Å². The first kappa shape index (κ1) is 16.5. The standard InChI is InChI=1S/C17H20N6O3/c1-10-6-11(2)23-14(18-10)7-12(19-23)16(25)21-4-5-22-13(8-21)17(26)20(3)9-15(22)24/h6-7,13H,4-5,8-9H2,1-3H3. The number of fused-ring (bicyclic) bond motifs is 2. The Morgan fingerprint density at radius 3 is 2.73 bits per heavy atom. The van der Waals surface area contributed by atoms with Crippen LogP contribution in [0.3, 0.4) is 0 Å². The number of hydrogen-bond donors (Lipinski definition) is 0. The van der Waals surface area contributed by atoms with E-state index in [-0.39, 0.29) is 30.8 Å². The number of aromatic nitrogens is 3. The fourth-order valence-corrected chi connectivity index (χ4v) is 3.66. The number of aryl methyl sites for hydroxylation is 2. The molecule has 0 aliphatic carbocycles. The van der Waals surface area contributed by atoms with E-state index in [0.29, 0.717) is 24.4 Å². The van der Waals surface area contributed by atoms with E-state index < -0.39 is 6.04 Å². The third kappa shape index (κ3) is 2.51. The monoisotopic (exact) mass is 356 g/mol. The van der Waals surface area contributed by atoms with Crippen LogP contribution in [-0.4, -0.2) is 86.3 Å². The van der Waals surface area contributed by atoms with Crippen molar-refractivity contribution in [1.82, 2.24) is 29.3 Å². The van der Waals surface area contributed by atoms with Gasteiger partial charge in [-0.25, -0.2) is 9.50 Å². The Kier molecular flexibility index (Phi) is 3.67. The van der Waals surface area contributed by atoms with Crippen molar-refractivity contribution in [3.8, 4) is 0 Å². The molecule has 0 saturated carbocycles. The first-order chi connectivity index (χ1) is 12.3. The molecule has 2 aromatic rings. The summed E-state index contributed by atoms with van der Waals surface area (Å²) in [6.45, 7) is 4.83. The molecule has 2 aliphatic rings. The molecule has 0 N–H and O–H groups in total. The molecule has 0 radical (unpaired) electrons. The van der Waals surface area contributed by atoms with Gasteiger partial charge in [-0.3, -0.25) is 14.4 Å². The van der Waals surface area contributed by atoms with Gasteiger partial charge in [0.2, 0.25) is 11.8 Å². The molecule has 0 bridgehead atoms. The van der Waals surface area contributed by atoms with Gasteiger partial charge in [0, 0.05) is 37.6 Å². The average molecular weight is 356 g/mol. The van der Waals surface area contributed by atoms with Gasteiger partial charge in [0.15, 0.2) is 11.3 Å². The van der Waals surface area contributed by atoms with E-state index in [0.717, 1.165) is 11.4 Å². The van der Waals surface area contributed by atoms with Crippen molar-refractivity contribution in [2.75, 3.05) is 33.2 Å². The Balaban J connectivity index is 1.60. The van der Waals surface area contributed by atoms with Crippen LogP contribution in [0, 0.1) is 13.8 Å². The number of rotatable bonds is 1. The molecule has 136 valence electrons. The van der Waals surface area contributed by atoms with Gasteiger partial charge in [0.05, 0.1) is 13.1 Å². The lowest BCUT2D eigenvalue weighted by Gasteiger charge is -2.45. The normalized spacial score (nSPS) is 20.7. The molecule has 0 aromatic carbocycles. The highest BCUT2D eigenvalue weighted by molar-refractivity contribution is 5.97. The van der Waals surface area contributed by atoms with Crippen LogP contribution < -0.4 is 0 Å². The van der Waals surface area contributed by atoms with E-state index in [1.54, 1.807) is 27.4 Å². The summed E-state index contributed by atoms with van der Waals surface area (Å²) in [4.78, 5) is 46.4. The van der Waals surface area contributed by atoms with E-state index in [4.69, 9.17) is 0 Å². The van der Waals surface area contributed by atoms with Crippen LogP contribution in [-0.2, 0) is 9.59 Å². The molecule has 0 spiro atoms. The van der Waals surface area contributed by atoms with Crippen LogP contribution in [0.15, 0.2) is 12.1 Å². The minimum atomic E-state index is -0.613. The summed E-state index contributed by atoms with van der Waals surface area (Å²) < 4.78 is 1.64. The second-order valence-electron chi connectivity index (χ2n) is 6.89. The van der Waals surface area contributed by atoms with Crippen molar-refractivity contribution < 1.29 is 14.4 Å². The van der Waals surface area contributed by atoms with Gasteiger partial charge in [-0.1, -0.05) is 0 Å². The minimum absolute atomic E-state index is 0.0766. The van der Waals surface area contributed by atoms with Crippen LogP contribution in [0.5, 0.6) is 0 Å². The largest absolute Gasteiger partial charge is 0.335 e. The number of hydrogen-bond acceptors (Lipinski definition) is 5. The molecule has 2 fully saturated rings. The number of likely N-dealkylation sites (N-methyl/N-ethyl adjacent to an activating group) is 1. The molecular formula is C17H20N6O3. The smallest absolute Gasteiger partial charge is 0.274 e. The van der Waals surface area contributed by atoms with Crippen molar-refractivity contribution in [2.45, 2.75) is 19.9 Å². The molecular weight excluding hydrogens is 336 g/mol. The third-order valence-electron chi connectivity index (χ3n) is 4.97. The lowest BCUT2D eigenvalue weighted by atomic mass is 10.1. The van der Waals surface area contributed by atoms with E-state index in [2.05, 4.69) is 10.1 Å². The summed E-state index contributed by atoms with van der Waals surface area (Å²) in [7, 11) is 1.61. The Hall–Kier alpha value is -2.97. The summed E-state index contributed by atoms with van der Waals surface area (Å²) in [6.07, 6.45) is 0. The summed E-state index contributed by atoms with van der Waals surface area (Å²) >= 11 is 0. The first-order valence-corrected chi connectivity index (χ1v) is 8.53. The molecule has 4 rings (SSSR count). The average Bonchev–Trinajstić information content (AvgIpc) is 3.03. The molecule has 3 amide bonds. The number of carbonyl (C=O) groups is 3. The van der Waals surface area contributed by atoms with Gasteiger partial charge in [-0.2, -0.15) is 5.10 Å². The molecule has 1 unspecified atom stereocenters. The van der Waals surface area contributed by atoms with Gasteiger partial charge < -0.3 is 14.7 Å². The zero-order valence-corrected chi connectivity index (χ0v) is 15.0. The predicted octanol–water partition coefficient (Wildman–Crippen LogP) is -0.529. The number of nitrogens with zero attached hydrogens (tertiary/aromatic N) is 6. The summed E-state index contributed by atoms with van der Waals surface area (Å²) in [5.41, 5.74) is 2.67. The van der Waals surface area contributed by atoms with E-state index in [1.165, 1.54) is 4.90 Å². The van der Waals surface area contributed by atoms with Crippen molar-refractivity contribution in [3.05, 3.63) is 29.2 Å². The maximum absolute atomic E-state index is 12.9. The number of carbonyl (C=O) groups excluding carboxylic acids is 3. The van der Waals surface area contributed by atoms with Gasteiger partial charge in [0.1, 0.15) is 6.04 Å². The highest BCUT2D eigenvalue weighted by Crippen LogP contribution is 2.19. The van der Waals surface area contributed by atoms with E-state index >= 15 is 0 Å².